The Bertz CT molecular complexity index is 343. The lowest BCUT2D eigenvalue weighted by atomic mass is 10.3. The van der Waals surface area contributed by atoms with Gasteiger partial charge in [-0.1, -0.05) is 0 Å². The van der Waals surface area contributed by atoms with Crippen LogP contribution in [0.5, 0.6) is 0 Å². The van der Waals surface area contributed by atoms with Gasteiger partial charge < -0.3 is 15.6 Å². The standard InChI is InChI=1S/C9H16N4S/c1-3-13(4-2)8-5-7(6-10)11-9(14)12-8/h5H,3-4,6,10H2,1-2H3,(H,11,12,14). The minimum absolute atomic E-state index is 0.459. The van der Waals surface area contributed by atoms with Crippen LogP contribution in [0, 0.1) is 4.77 Å². The van der Waals surface area contributed by atoms with Crippen molar-refractivity contribution >= 4 is 18.0 Å². The molecule has 0 bridgehead atoms. The van der Waals surface area contributed by atoms with E-state index in [1.807, 2.05) is 6.07 Å². The van der Waals surface area contributed by atoms with E-state index in [1.54, 1.807) is 0 Å². The minimum Gasteiger partial charge on any atom is -0.357 e. The molecule has 0 saturated carbocycles. The third kappa shape index (κ3) is 2.52. The molecular weight excluding hydrogens is 196 g/mol. The summed E-state index contributed by atoms with van der Waals surface area (Å²) in [6.45, 7) is 6.49. The lowest BCUT2D eigenvalue weighted by Gasteiger charge is -2.19. The van der Waals surface area contributed by atoms with Crippen LogP contribution in [0.3, 0.4) is 0 Å². The smallest absolute Gasteiger partial charge is 0.198 e. The third-order valence-electron chi connectivity index (χ3n) is 2.09. The minimum atomic E-state index is 0.459. The van der Waals surface area contributed by atoms with Crippen molar-refractivity contribution in [2.45, 2.75) is 20.4 Å². The molecule has 4 nitrogen and oxygen atoms in total. The molecule has 3 N–H and O–H groups in total. The van der Waals surface area contributed by atoms with Gasteiger partial charge in [-0.15, -0.1) is 0 Å². The summed E-state index contributed by atoms with van der Waals surface area (Å²) in [7, 11) is 0. The van der Waals surface area contributed by atoms with Crippen molar-refractivity contribution in [3.63, 3.8) is 0 Å². The highest BCUT2D eigenvalue weighted by Crippen LogP contribution is 2.10. The lowest BCUT2D eigenvalue weighted by Crippen LogP contribution is -2.23. The highest BCUT2D eigenvalue weighted by atomic mass is 32.1. The summed E-state index contributed by atoms with van der Waals surface area (Å²) in [5.41, 5.74) is 6.47. The Balaban J connectivity index is 3.07. The molecule has 0 spiro atoms. The molecule has 0 radical (unpaired) electrons. The SMILES string of the molecule is CCN(CC)c1cc(CN)[nH]c(=S)n1. The van der Waals surface area contributed by atoms with Gasteiger partial charge in [-0.2, -0.15) is 0 Å². The molecule has 0 saturated heterocycles. The highest BCUT2D eigenvalue weighted by molar-refractivity contribution is 7.71. The number of anilines is 1. The number of nitrogens with one attached hydrogen (secondary N) is 1. The molecule has 0 fully saturated rings. The number of hydrogen-bond donors (Lipinski definition) is 2. The van der Waals surface area contributed by atoms with Gasteiger partial charge in [0.15, 0.2) is 4.77 Å². The molecule has 0 unspecified atom stereocenters. The molecule has 0 aliphatic rings. The third-order valence-corrected chi connectivity index (χ3v) is 2.29. The molecule has 1 aromatic heterocycles. The fourth-order valence-corrected chi connectivity index (χ4v) is 1.54. The molecule has 0 aromatic carbocycles. The topological polar surface area (TPSA) is 57.9 Å². The summed E-state index contributed by atoms with van der Waals surface area (Å²) in [6.07, 6.45) is 0. The van der Waals surface area contributed by atoms with Gasteiger partial charge in [-0.05, 0) is 26.1 Å². The van der Waals surface area contributed by atoms with E-state index in [0.29, 0.717) is 11.3 Å². The van der Waals surface area contributed by atoms with Gasteiger partial charge in [0.1, 0.15) is 5.82 Å². The maximum atomic E-state index is 5.55. The fraction of sp³-hybridized carbons (Fsp3) is 0.556. The second-order valence-electron chi connectivity index (χ2n) is 2.95. The average molecular weight is 212 g/mol. The van der Waals surface area contributed by atoms with E-state index in [-0.39, 0.29) is 0 Å². The zero-order chi connectivity index (χ0) is 10.6. The number of H-pyrrole nitrogens is 1. The first-order valence-corrected chi connectivity index (χ1v) is 5.17. The number of rotatable bonds is 4. The van der Waals surface area contributed by atoms with E-state index in [2.05, 4.69) is 28.7 Å². The molecule has 1 rings (SSSR count). The van der Waals surface area contributed by atoms with Crippen LogP contribution in [-0.2, 0) is 6.54 Å². The van der Waals surface area contributed by atoms with Crippen molar-refractivity contribution in [2.75, 3.05) is 18.0 Å². The molecule has 0 atom stereocenters. The molecule has 0 aliphatic carbocycles. The van der Waals surface area contributed by atoms with Crippen molar-refractivity contribution < 1.29 is 0 Å². The predicted octanol–water partition coefficient (Wildman–Crippen LogP) is 1.44. The largest absolute Gasteiger partial charge is 0.357 e. The summed E-state index contributed by atoms with van der Waals surface area (Å²) >= 11 is 5.02. The van der Waals surface area contributed by atoms with Crippen LogP contribution in [0.15, 0.2) is 6.07 Å². The highest BCUT2D eigenvalue weighted by Gasteiger charge is 2.04. The Morgan fingerprint density at radius 2 is 2.14 bits per heavy atom. The Morgan fingerprint density at radius 1 is 1.50 bits per heavy atom. The van der Waals surface area contributed by atoms with Crippen molar-refractivity contribution in [1.82, 2.24) is 9.97 Å². The molecule has 1 heterocycles. The second-order valence-corrected chi connectivity index (χ2v) is 3.33. The monoisotopic (exact) mass is 212 g/mol. The molecule has 0 amide bonds. The summed E-state index contributed by atoms with van der Waals surface area (Å²) in [4.78, 5) is 9.35. The summed E-state index contributed by atoms with van der Waals surface area (Å²) < 4.78 is 0.495. The van der Waals surface area contributed by atoms with Crippen LogP contribution in [0.25, 0.3) is 0 Å². The first kappa shape index (κ1) is 11.1. The van der Waals surface area contributed by atoms with Crippen LogP contribution < -0.4 is 10.6 Å². The van der Waals surface area contributed by atoms with Gasteiger partial charge in [-0.25, -0.2) is 4.98 Å². The van der Waals surface area contributed by atoms with E-state index in [4.69, 9.17) is 18.0 Å². The van der Waals surface area contributed by atoms with Gasteiger partial charge in [0.2, 0.25) is 0 Å². The molecule has 14 heavy (non-hydrogen) atoms. The Labute approximate surface area is 89.2 Å². The van der Waals surface area contributed by atoms with Gasteiger partial charge in [0.25, 0.3) is 0 Å². The van der Waals surface area contributed by atoms with Crippen molar-refractivity contribution in [3.8, 4) is 0 Å². The summed E-state index contributed by atoms with van der Waals surface area (Å²) in [5.74, 6) is 0.902. The van der Waals surface area contributed by atoms with E-state index in [0.717, 1.165) is 24.6 Å². The summed E-state index contributed by atoms with van der Waals surface area (Å²) in [5, 5.41) is 0. The van der Waals surface area contributed by atoms with Crippen molar-refractivity contribution in [2.24, 2.45) is 5.73 Å². The van der Waals surface area contributed by atoms with E-state index >= 15 is 0 Å². The lowest BCUT2D eigenvalue weighted by molar-refractivity contribution is 0.829. The van der Waals surface area contributed by atoms with Gasteiger partial charge >= 0.3 is 0 Å². The second kappa shape index (κ2) is 5.07. The Hall–Kier alpha value is -0.940. The van der Waals surface area contributed by atoms with E-state index in [1.165, 1.54) is 0 Å². The fourth-order valence-electron chi connectivity index (χ4n) is 1.31. The first-order valence-electron chi connectivity index (χ1n) is 4.76. The number of aromatic amines is 1. The first-order chi connectivity index (χ1) is 6.71. The number of aromatic nitrogens is 2. The molecular formula is C9H16N4S. The van der Waals surface area contributed by atoms with Crippen LogP contribution in [-0.4, -0.2) is 23.1 Å². The quantitative estimate of drug-likeness (QED) is 0.742. The van der Waals surface area contributed by atoms with Crippen LogP contribution in [0.4, 0.5) is 5.82 Å². The normalized spacial score (nSPS) is 10.2. The Morgan fingerprint density at radius 3 is 2.64 bits per heavy atom. The Kier molecular flexibility index (Phi) is 4.03. The van der Waals surface area contributed by atoms with Gasteiger partial charge in [0.05, 0.1) is 0 Å². The molecule has 5 heteroatoms. The van der Waals surface area contributed by atoms with Crippen LogP contribution in [0.2, 0.25) is 0 Å². The van der Waals surface area contributed by atoms with Crippen LogP contribution in [0.1, 0.15) is 19.5 Å². The van der Waals surface area contributed by atoms with Crippen LogP contribution >= 0.6 is 12.2 Å². The zero-order valence-electron chi connectivity index (χ0n) is 8.58. The number of nitrogens with zero attached hydrogens (tertiary/aromatic N) is 2. The number of hydrogen-bond acceptors (Lipinski definition) is 4. The average Bonchev–Trinajstić information content (AvgIpc) is 2.19. The zero-order valence-corrected chi connectivity index (χ0v) is 9.40. The van der Waals surface area contributed by atoms with Gasteiger partial charge in [-0.3, -0.25) is 0 Å². The molecule has 78 valence electrons. The van der Waals surface area contributed by atoms with Crippen molar-refractivity contribution in [1.29, 1.82) is 0 Å². The predicted molar refractivity (Wildman–Crippen MR) is 60.9 cm³/mol. The van der Waals surface area contributed by atoms with E-state index in [9.17, 15) is 0 Å². The van der Waals surface area contributed by atoms with Gasteiger partial charge in [0, 0.05) is 31.4 Å². The van der Waals surface area contributed by atoms with Crippen molar-refractivity contribution in [3.05, 3.63) is 16.5 Å². The van der Waals surface area contributed by atoms with E-state index < -0.39 is 0 Å². The number of nitrogens with two attached hydrogens (primary N) is 1. The molecule has 1 aromatic rings. The summed E-state index contributed by atoms with van der Waals surface area (Å²) in [6, 6.07) is 1.95. The maximum absolute atomic E-state index is 5.55. The maximum Gasteiger partial charge on any atom is 0.198 e. The molecule has 0 aliphatic heterocycles.